The number of amides is 2. The van der Waals surface area contributed by atoms with Crippen molar-refractivity contribution in [1.29, 1.82) is 0 Å². The number of hydrogen-bond donors (Lipinski definition) is 1. The van der Waals surface area contributed by atoms with Gasteiger partial charge in [-0.3, -0.25) is 9.59 Å². The average Bonchev–Trinajstić information content (AvgIpc) is 3.05. The monoisotopic (exact) mass is 460 g/mol. The summed E-state index contributed by atoms with van der Waals surface area (Å²) in [5.41, 5.74) is 1.62. The van der Waals surface area contributed by atoms with Gasteiger partial charge >= 0.3 is 0 Å². The maximum Gasteiger partial charge on any atom is 0.282 e. The van der Waals surface area contributed by atoms with E-state index in [0.29, 0.717) is 29.4 Å². The summed E-state index contributed by atoms with van der Waals surface area (Å²) in [6, 6.07) is 19.4. The molecule has 4 rings (SSSR count). The summed E-state index contributed by atoms with van der Waals surface area (Å²) in [6.45, 7) is 6.26. The molecule has 7 heteroatoms. The molecule has 0 fully saturated rings. The second-order valence-electron chi connectivity index (χ2n) is 7.95. The first kappa shape index (κ1) is 23.0. The van der Waals surface area contributed by atoms with Gasteiger partial charge in [-0.25, -0.2) is 9.29 Å². The van der Waals surface area contributed by atoms with Gasteiger partial charge in [0.2, 0.25) is 0 Å². The van der Waals surface area contributed by atoms with Crippen LogP contribution in [0.1, 0.15) is 26.3 Å². The molecular formula is C27H25FN2O4. The molecule has 0 unspecified atom stereocenters. The quantitative estimate of drug-likeness (QED) is 0.456. The molecule has 0 aromatic heterocycles. The topological polar surface area (TPSA) is 67.9 Å². The lowest BCUT2D eigenvalue weighted by molar-refractivity contribution is -0.120. The summed E-state index contributed by atoms with van der Waals surface area (Å²) in [5.74, 6) is -0.302. The molecule has 2 amide bonds. The molecule has 6 nitrogen and oxygen atoms in total. The van der Waals surface area contributed by atoms with E-state index in [1.54, 1.807) is 48.5 Å². The minimum atomic E-state index is -0.568. The molecule has 0 saturated heterocycles. The molecule has 0 aliphatic carbocycles. The zero-order valence-electron chi connectivity index (χ0n) is 19.2. The molecule has 1 heterocycles. The number of benzene rings is 3. The summed E-state index contributed by atoms with van der Waals surface area (Å²) >= 11 is 0. The molecule has 0 atom stereocenters. The predicted octanol–water partition coefficient (Wildman–Crippen LogP) is 5.41. The summed E-state index contributed by atoms with van der Waals surface area (Å²) in [6.07, 6.45) is 0.0293. The fourth-order valence-electron chi connectivity index (χ4n) is 3.68. The van der Waals surface area contributed by atoms with Gasteiger partial charge < -0.3 is 14.8 Å². The van der Waals surface area contributed by atoms with Crippen LogP contribution in [-0.2, 0) is 9.59 Å². The minimum Gasteiger partial charge on any atom is -0.494 e. The van der Waals surface area contributed by atoms with E-state index in [2.05, 4.69) is 5.32 Å². The van der Waals surface area contributed by atoms with E-state index in [4.69, 9.17) is 9.47 Å². The van der Waals surface area contributed by atoms with Crippen LogP contribution in [0.25, 0.3) is 5.57 Å². The van der Waals surface area contributed by atoms with Crippen LogP contribution in [0, 0.1) is 5.82 Å². The molecule has 34 heavy (non-hydrogen) atoms. The Bertz CT molecular complexity index is 1230. The second-order valence-corrected chi connectivity index (χ2v) is 7.95. The number of nitrogens with one attached hydrogen (secondary N) is 1. The molecule has 1 aliphatic rings. The SMILES string of the molecule is CCOc1ccc(C2=C(Nc3ccc(OC(C)C)cc3)C(=O)N(c3cccc(F)c3)C2=O)cc1. The van der Waals surface area contributed by atoms with Crippen LogP contribution in [0.15, 0.2) is 78.5 Å². The number of imide groups is 1. The first-order valence-electron chi connectivity index (χ1n) is 11.0. The summed E-state index contributed by atoms with van der Waals surface area (Å²) in [4.78, 5) is 27.8. The van der Waals surface area contributed by atoms with Gasteiger partial charge in [-0.15, -0.1) is 0 Å². The van der Waals surface area contributed by atoms with E-state index >= 15 is 0 Å². The molecule has 1 N–H and O–H groups in total. The molecule has 0 saturated carbocycles. The Balaban J connectivity index is 1.73. The normalized spacial score (nSPS) is 13.6. The summed E-state index contributed by atoms with van der Waals surface area (Å²) < 4.78 is 25.0. The first-order valence-corrected chi connectivity index (χ1v) is 11.0. The van der Waals surface area contributed by atoms with Crippen molar-refractivity contribution in [2.24, 2.45) is 0 Å². The van der Waals surface area contributed by atoms with Crippen molar-refractivity contribution in [3.05, 3.63) is 89.9 Å². The van der Waals surface area contributed by atoms with Crippen LogP contribution in [0.3, 0.4) is 0 Å². The minimum absolute atomic E-state index is 0.0293. The Labute approximate surface area is 197 Å². The van der Waals surface area contributed by atoms with Crippen LogP contribution < -0.4 is 19.7 Å². The molecule has 0 bridgehead atoms. The number of hydrogen-bond acceptors (Lipinski definition) is 5. The summed E-state index contributed by atoms with van der Waals surface area (Å²) in [5, 5.41) is 3.09. The van der Waals surface area contributed by atoms with E-state index in [0.717, 1.165) is 11.0 Å². The maximum atomic E-state index is 13.9. The lowest BCUT2D eigenvalue weighted by Crippen LogP contribution is -2.32. The number of carbonyl (C=O) groups is 2. The Kier molecular flexibility index (Phi) is 6.63. The van der Waals surface area contributed by atoms with E-state index in [9.17, 15) is 14.0 Å². The van der Waals surface area contributed by atoms with Crippen LogP contribution in [-0.4, -0.2) is 24.5 Å². The Morgan fingerprint density at radius 3 is 2.21 bits per heavy atom. The Hall–Kier alpha value is -4.13. The molecule has 0 spiro atoms. The van der Waals surface area contributed by atoms with Gasteiger partial charge in [-0.1, -0.05) is 18.2 Å². The highest BCUT2D eigenvalue weighted by Gasteiger charge is 2.40. The van der Waals surface area contributed by atoms with Crippen LogP contribution in [0.5, 0.6) is 11.5 Å². The first-order chi connectivity index (χ1) is 16.4. The van der Waals surface area contributed by atoms with E-state index < -0.39 is 17.6 Å². The number of anilines is 2. The summed E-state index contributed by atoms with van der Waals surface area (Å²) in [7, 11) is 0. The van der Waals surface area contributed by atoms with Gasteiger partial charge in [0.05, 0.1) is 24.0 Å². The molecule has 3 aromatic carbocycles. The lowest BCUT2D eigenvalue weighted by atomic mass is 10.0. The predicted molar refractivity (Wildman–Crippen MR) is 129 cm³/mol. The second kappa shape index (κ2) is 9.79. The number of carbonyl (C=O) groups excluding carboxylic acids is 2. The molecular weight excluding hydrogens is 435 g/mol. The highest BCUT2D eigenvalue weighted by Crippen LogP contribution is 2.34. The van der Waals surface area contributed by atoms with Gasteiger partial charge in [-0.05, 0) is 80.9 Å². The number of rotatable bonds is 8. The fourth-order valence-corrected chi connectivity index (χ4v) is 3.68. The maximum absolute atomic E-state index is 13.9. The highest BCUT2D eigenvalue weighted by molar-refractivity contribution is 6.46. The van der Waals surface area contributed by atoms with Crippen molar-refractivity contribution in [2.75, 3.05) is 16.8 Å². The van der Waals surface area contributed by atoms with E-state index in [1.165, 1.54) is 18.2 Å². The van der Waals surface area contributed by atoms with Crippen molar-refractivity contribution in [3.8, 4) is 11.5 Å². The molecule has 174 valence electrons. The van der Waals surface area contributed by atoms with Crippen molar-refractivity contribution >= 4 is 28.8 Å². The van der Waals surface area contributed by atoms with Crippen LogP contribution >= 0.6 is 0 Å². The smallest absolute Gasteiger partial charge is 0.282 e. The van der Waals surface area contributed by atoms with Crippen LogP contribution in [0.4, 0.5) is 15.8 Å². The Morgan fingerprint density at radius 2 is 1.59 bits per heavy atom. The number of ether oxygens (including phenoxy) is 2. The van der Waals surface area contributed by atoms with Crippen molar-refractivity contribution in [2.45, 2.75) is 26.9 Å². The van der Waals surface area contributed by atoms with Crippen molar-refractivity contribution in [3.63, 3.8) is 0 Å². The van der Waals surface area contributed by atoms with Crippen LogP contribution in [0.2, 0.25) is 0 Å². The fraction of sp³-hybridized carbons (Fsp3) is 0.185. The zero-order valence-corrected chi connectivity index (χ0v) is 19.2. The third-order valence-electron chi connectivity index (χ3n) is 5.10. The molecule has 0 radical (unpaired) electrons. The standard InChI is InChI=1S/C27H25FN2O4/c1-4-33-22-12-8-18(9-13-22)24-25(29-20-10-14-23(15-11-20)34-17(2)3)27(32)30(26(24)31)21-7-5-6-19(28)16-21/h5-17,29H,4H2,1-3H3. The molecule has 1 aliphatic heterocycles. The van der Waals surface area contributed by atoms with E-state index in [1.807, 2.05) is 20.8 Å². The largest absolute Gasteiger partial charge is 0.494 e. The number of nitrogens with zero attached hydrogens (tertiary/aromatic N) is 1. The van der Waals surface area contributed by atoms with Gasteiger partial charge in [0.25, 0.3) is 11.8 Å². The molecule has 3 aromatic rings. The lowest BCUT2D eigenvalue weighted by Gasteiger charge is -2.15. The highest BCUT2D eigenvalue weighted by atomic mass is 19.1. The average molecular weight is 461 g/mol. The zero-order chi connectivity index (χ0) is 24.2. The van der Waals surface area contributed by atoms with Crippen molar-refractivity contribution < 1.29 is 23.5 Å². The van der Waals surface area contributed by atoms with Gasteiger partial charge in [0.1, 0.15) is 23.0 Å². The van der Waals surface area contributed by atoms with Gasteiger partial charge in [-0.2, -0.15) is 0 Å². The Morgan fingerprint density at radius 1 is 0.912 bits per heavy atom. The third-order valence-corrected chi connectivity index (χ3v) is 5.10. The third kappa shape index (κ3) is 4.78. The van der Waals surface area contributed by atoms with E-state index in [-0.39, 0.29) is 23.1 Å². The van der Waals surface area contributed by atoms with Crippen molar-refractivity contribution in [1.82, 2.24) is 0 Å². The number of halogens is 1. The van der Waals surface area contributed by atoms with Gasteiger partial charge in [0, 0.05) is 5.69 Å². The van der Waals surface area contributed by atoms with Gasteiger partial charge in [0.15, 0.2) is 0 Å².